The van der Waals surface area contributed by atoms with Crippen molar-refractivity contribution in [3.63, 3.8) is 0 Å². The van der Waals surface area contributed by atoms with Crippen molar-refractivity contribution in [1.82, 2.24) is 0 Å². The zero-order valence-corrected chi connectivity index (χ0v) is 18.7. The Labute approximate surface area is 169 Å². The first kappa shape index (κ1) is 17.1. The number of benzene rings is 4. The number of rotatable bonds is 4. The molecule has 0 saturated heterocycles. The van der Waals surface area contributed by atoms with E-state index in [0.717, 1.165) is 0 Å². The van der Waals surface area contributed by atoms with Gasteiger partial charge in [-0.3, -0.25) is 0 Å². The third-order valence-electron chi connectivity index (χ3n) is 5.00. The summed E-state index contributed by atoms with van der Waals surface area (Å²) in [6.07, 6.45) is 0. The SMILES string of the molecule is [SbH3][C](c1ccccc1)(c1ccccc1)c1ccccc1-c1ccccc1. The Hall–Kier alpha value is -2.30. The fourth-order valence-corrected chi connectivity index (χ4v) is 5.87. The van der Waals surface area contributed by atoms with Gasteiger partial charge < -0.3 is 0 Å². The van der Waals surface area contributed by atoms with Crippen LogP contribution >= 0.6 is 0 Å². The van der Waals surface area contributed by atoms with Gasteiger partial charge in [0, 0.05) is 0 Å². The normalized spacial score (nSPS) is 11.4. The van der Waals surface area contributed by atoms with Gasteiger partial charge in [0.25, 0.3) is 0 Å². The van der Waals surface area contributed by atoms with Gasteiger partial charge in [0.2, 0.25) is 0 Å². The van der Waals surface area contributed by atoms with Crippen LogP contribution in [0.3, 0.4) is 0 Å². The van der Waals surface area contributed by atoms with Gasteiger partial charge in [0.1, 0.15) is 0 Å². The molecule has 0 unspecified atom stereocenters. The van der Waals surface area contributed by atoms with Gasteiger partial charge in [0.05, 0.1) is 0 Å². The second kappa shape index (κ2) is 7.52. The van der Waals surface area contributed by atoms with Gasteiger partial charge in [-0.05, 0) is 0 Å². The molecule has 0 spiro atoms. The van der Waals surface area contributed by atoms with Crippen molar-refractivity contribution in [3.8, 4) is 11.1 Å². The summed E-state index contributed by atoms with van der Waals surface area (Å²) in [6, 6.07) is 41.5. The molecule has 0 bridgehead atoms. The van der Waals surface area contributed by atoms with E-state index in [2.05, 4.69) is 115 Å². The van der Waals surface area contributed by atoms with Crippen LogP contribution in [-0.4, -0.2) is 23.0 Å². The summed E-state index contributed by atoms with van der Waals surface area (Å²) >= 11 is 0.678. The van der Waals surface area contributed by atoms with E-state index in [1.54, 1.807) is 0 Å². The summed E-state index contributed by atoms with van der Waals surface area (Å²) in [6.45, 7) is 0. The van der Waals surface area contributed by atoms with Gasteiger partial charge in [-0.25, -0.2) is 0 Å². The van der Waals surface area contributed by atoms with Gasteiger partial charge >= 0.3 is 169 Å². The molecular weight excluding hydrogens is 422 g/mol. The molecule has 0 nitrogen and oxygen atoms in total. The van der Waals surface area contributed by atoms with Crippen LogP contribution in [0.1, 0.15) is 16.7 Å². The van der Waals surface area contributed by atoms with E-state index in [1.807, 2.05) is 0 Å². The molecule has 1 heteroatoms. The third kappa shape index (κ3) is 3.11. The molecule has 4 aromatic rings. The van der Waals surface area contributed by atoms with Crippen LogP contribution in [0, 0.1) is 0 Å². The van der Waals surface area contributed by atoms with Crippen LogP contribution in [0.4, 0.5) is 0 Å². The van der Waals surface area contributed by atoms with Gasteiger partial charge in [-0.2, -0.15) is 0 Å². The summed E-state index contributed by atoms with van der Waals surface area (Å²) in [5, 5.41) is 0. The molecule has 1 radical (unpaired) electrons. The number of hydrogen-bond acceptors (Lipinski definition) is 0. The fraction of sp³-hybridized carbons (Fsp3) is 0.0400. The molecular formula is C25H22Sb. The first-order valence-corrected chi connectivity index (χ1v) is 10.9. The van der Waals surface area contributed by atoms with Gasteiger partial charge in [0.15, 0.2) is 0 Å². The minimum atomic E-state index is -0.0572. The molecule has 0 N–H and O–H groups in total. The average molecular weight is 444 g/mol. The Kier molecular flexibility index (Phi) is 4.95. The van der Waals surface area contributed by atoms with Gasteiger partial charge in [-0.1, -0.05) is 0 Å². The molecule has 0 amide bonds. The van der Waals surface area contributed by atoms with E-state index in [0.29, 0.717) is 23.0 Å². The quantitative estimate of drug-likeness (QED) is 0.307. The van der Waals surface area contributed by atoms with E-state index in [4.69, 9.17) is 0 Å². The summed E-state index contributed by atoms with van der Waals surface area (Å²) in [5.41, 5.74) is 6.75. The molecule has 0 aromatic heterocycles. The Morgan fingerprint density at radius 3 is 1.42 bits per heavy atom. The van der Waals surface area contributed by atoms with Crippen molar-refractivity contribution in [3.05, 3.63) is 132 Å². The van der Waals surface area contributed by atoms with Crippen LogP contribution in [-0.2, 0) is 3.36 Å². The maximum atomic E-state index is 2.31. The van der Waals surface area contributed by atoms with E-state index in [9.17, 15) is 0 Å². The number of hydrogen-bond donors (Lipinski definition) is 0. The summed E-state index contributed by atoms with van der Waals surface area (Å²) in [5.74, 6) is 0. The average Bonchev–Trinajstić information content (AvgIpc) is 2.75. The Bertz CT molecular complexity index is 937. The molecule has 0 saturated carbocycles. The van der Waals surface area contributed by atoms with E-state index >= 15 is 0 Å². The molecule has 0 aliphatic rings. The van der Waals surface area contributed by atoms with Crippen LogP contribution in [0.15, 0.2) is 115 Å². The molecule has 127 valence electrons. The molecule has 4 rings (SSSR count). The first-order valence-electron chi connectivity index (χ1n) is 8.91. The maximum absolute atomic E-state index is 2.31. The topological polar surface area (TPSA) is 0 Å². The zero-order valence-electron chi connectivity index (χ0n) is 14.7. The van der Waals surface area contributed by atoms with Crippen LogP contribution in [0.2, 0.25) is 0 Å². The first-order chi connectivity index (χ1) is 12.8. The molecule has 26 heavy (non-hydrogen) atoms. The summed E-state index contributed by atoms with van der Waals surface area (Å²) < 4.78 is -0.0572. The van der Waals surface area contributed by atoms with Crippen molar-refractivity contribution >= 4 is 23.0 Å². The van der Waals surface area contributed by atoms with Crippen LogP contribution in [0.5, 0.6) is 0 Å². The Balaban J connectivity index is 2.01. The summed E-state index contributed by atoms with van der Waals surface area (Å²) in [7, 11) is 0. The predicted molar refractivity (Wildman–Crippen MR) is 115 cm³/mol. The van der Waals surface area contributed by atoms with Crippen LogP contribution in [0.25, 0.3) is 11.1 Å². The monoisotopic (exact) mass is 443 g/mol. The molecule has 4 aromatic carbocycles. The second-order valence-corrected chi connectivity index (χ2v) is 9.58. The predicted octanol–water partition coefficient (Wildman–Crippen LogP) is 5.01. The molecule has 0 fully saturated rings. The van der Waals surface area contributed by atoms with Gasteiger partial charge in [-0.15, -0.1) is 0 Å². The Morgan fingerprint density at radius 2 is 0.885 bits per heavy atom. The molecule has 0 aliphatic carbocycles. The fourth-order valence-electron chi connectivity index (χ4n) is 3.65. The van der Waals surface area contributed by atoms with Crippen molar-refractivity contribution < 1.29 is 0 Å². The minimum absolute atomic E-state index is 0.0572. The summed E-state index contributed by atoms with van der Waals surface area (Å²) in [4.78, 5) is 0. The van der Waals surface area contributed by atoms with E-state index in [1.165, 1.54) is 27.8 Å². The molecule has 0 aliphatic heterocycles. The van der Waals surface area contributed by atoms with Crippen molar-refractivity contribution in [2.24, 2.45) is 0 Å². The van der Waals surface area contributed by atoms with Crippen molar-refractivity contribution in [1.29, 1.82) is 0 Å². The van der Waals surface area contributed by atoms with Crippen LogP contribution < -0.4 is 0 Å². The second-order valence-electron chi connectivity index (χ2n) is 6.55. The third-order valence-corrected chi connectivity index (χ3v) is 8.42. The van der Waals surface area contributed by atoms with E-state index in [-0.39, 0.29) is 3.36 Å². The van der Waals surface area contributed by atoms with Crippen molar-refractivity contribution in [2.45, 2.75) is 3.36 Å². The zero-order chi connectivity index (χ0) is 17.8. The van der Waals surface area contributed by atoms with E-state index < -0.39 is 0 Å². The van der Waals surface area contributed by atoms with Crippen molar-refractivity contribution in [2.75, 3.05) is 0 Å². The standard InChI is InChI=1S/C25H19.Sb.3H/c1-4-12-20(13-5-1)23-18-10-11-19-24(23)25(21-14-6-2-7-15-21)22-16-8-3-9-17-22;;;;/h1-19H;;;;. The molecule has 0 atom stereocenters. The molecule has 0 heterocycles. The Morgan fingerprint density at radius 1 is 0.462 bits per heavy atom.